The SMILES string of the molecule is COc1ccc(S(=O)(=O)CCOS(=O)(=O)O)cc1N=Nc1c(O)c(S(=O)(=O)O)cc2cc(S(=O)(=O)O)ccc12. The number of fused-ring (bicyclic) bond motifs is 1. The van der Waals surface area contributed by atoms with Crippen molar-refractivity contribution in [3.63, 3.8) is 0 Å². The largest absolute Gasteiger partial charge is 0.504 e. The number of phenolic OH excluding ortho intramolecular Hbond substituents is 1. The summed E-state index contributed by atoms with van der Waals surface area (Å²) in [6.45, 7) is -0.905. The van der Waals surface area contributed by atoms with Crippen LogP contribution in [0.3, 0.4) is 0 Å². The van der Waals surface area contributed by atoms with E-state index in [1.165, 1.54) is 7.11 Å². The standard InChI is InChI=1S/C19H18N2O14S4/c1-34-16-5-3-12(36(23,24)7-6-35-39(31,32)33)10-15(16)20-21-18-14-4-2-13(37(25,26)27)8-11(14)9-17(19(18)22)38(28,29)30/h2-5,8-10,22H,6-7H2,1H3,(H,25,26,27)(H,28,29,30)(H,31,32,33). The Hall–Kier alpha value is -3.24. The van der Waals surface area contributed by atoms with Gasteiger partial charge < -0.3 is 9.84 Å². The molecule has 0 saturated carbocycles. The normalized spacial score (nSPS) is 13.2. The summed E-state index contributed by atoms with van der Waals surface area (Å²) in [5.41, 5.74) is -0.854. The summed E-state index contributed by atoms with van der Waals surface area (Å²) >= 11 is 0. The maximum absolute atomic E-state index is 12.6. The average Bonchev–Trinajstić information content (AvgIpc) is 2.80. The number of azo groups is 1. The summed E-state index contributed by atoms with van der Waals surface area (Å²) in [5.74, 6) is -2.00. The van der Waals surface area contributed by atoms with Crippen LogP contribution in [0.4, 0.5) is 11.4 Å². The molecule has 0 heterocycles. The van der Waals surface area contributed by atoms with Crippen LogP contribution in [-0.4, -0.2) is 71.9 Å². The fourth-order valence-electron chi connectivity index (χ4n) is 3.20. The van der Waals surface area contributed by atoms with E-state index in [1.54, 1.807) is 0 Å². The summed E-state index contributed by atoms with van der Waals surface area (Å²) in [4.78, 5) is -2.12. The molecule has 0 aromatic heterocycles. The molecule has 4 N–H and O–H groups in total. The van der Waals surface area contributed by atoms with Gasteiger partial charge in [-0.1, -0.05) is 6.07 Å². The Morgan fingerprint density at radius 3 is 2.00 bits per heavy atom. The number of aromatic hydroxyl groups is 1. The third-order valence-corrected chi connectivity index (χ3v) is 8.81. The van der Waals surface area contributed by atoms with Gasteiger partial charge in [0.25, 0.3) is 20.2 Å². The van der Waals surface area contributed by atoms with E-state index in [0.29, 0.717) is 0 Å². The summed E-state index contributed by atoms with van der Waals surface area (Å²) in [6.07, 6.45) is 0. The topological polar surface area (TPSA) is 261 Å². The maximum Gasteiger partial charge on any atom is 0.397 e. The molecule has 212 valence electrons. The van der Waals surface area contributed by atoms with E-state index in [1.807, 2.05) is 0 Å². The molecule has 16 nitrogen and oxygen atoms in total. The minimum absolute atomic E-state index is 0.0460. The molecule has 0 saturated heterocycles. The predicted molar refractivity (Wildman–Crippen MR) is 132 cm³/mol. The monoisotopic (exact) mass is 626 g/mol. The van der Waals surface area contributed by atoms with E-state index in [4.69, 9.17) is 9.29 Å². The van der Waals surface area contributed by atoms with Crippen molar-refractivity contribution >= 4 is 62.6 Å². The first-order valence-corrected chi connectivity index (χ1v) is 15.9. The lowest BCUT2D eigenvalue weighted by atomic mass is 10.1. The molecule has 0 aliphatic heterocycles. The molecule has 0 spiro atoms. The van der Waals surface area contributed by atoms with E-state index < -0.39 is 79.0 Å². The van der Waals surface area contributed by atoms with Crippen molar-refractivity contribution < 1.29 is 61.4 Å². The number of nitrogens with zero attached hydrogens (tertiary/aromatic N) is 2. The zero-order valence-corrected chi connectivity index (χ0v) is 22.6. The molecule has 0 bridgehead atoms. The van der Waals surface area contributed by atoms with Gasteiger partial charge in [-0.05, 0) is 41.8 Å². The Kier molecular flexibility index (Phi) is 8.34. The second-order valence-corrected chi connectivity index (χ2v) is 13.5. The average molecular weight is 627 g/mol. The maximum atomic E-state index is 12.6. The highest BCUT2D eigenvalue weighted by molar-refractivity contribution is 7.91. The van der Waals surface area contributed by atoms with Crippen LogP contribution in [0.15, 0.2) is 67.4 Å². The first kappa shape index (κ1) is 30.3. The summed E-state index contributed by atoms with van der Waals surface area (Å²) in [6, 6.07) is 6.77. The Morgan fingerprint density at radius 2 is 1.44 bits per heavy atom. The molecule has 0 aliphatic carbocycles. The Balaban J connectivity index is 2.17. The number of benzene rings is 3. The van der Waals surface area contributed by atoms with Crippen molar-refractivity contribution in [2.75, 3.05) is 19.5 Å². The number of hydrogen-bond donors (Lipinski definition) is 4. The number of rotatable bonds is 10. The summed E-state index contributed by atoms with van der Waals surface area (Å²) in [7, 11) is -17.7. The first-order chi connectivity index (χ1) is 17.8. The van der Waals surface area contributed by atoms with Gasteiger partial charge >= 0.3 is 10.4 Å². The zero-order valence-electron chi connectivity index (χ0n) is 19.4. The number of methoxy groups -OCH3 is 1. The van der Waals surface area contributed by atoms with E-state index in [-0.39, 0.29) is 22.2 Å². The van der Waals surface area contributed by atoms with Crippen molar-refractivity contribution in [1.82, 2.24) is 0 Å². The van der Waals surface area contributed by atoms with Crippen LogP contribution >= 0.6 is 0 Å². The second-order valence-electron chi connectivity index (χ2n) is 7.51. The number of phenols is 1. The van der Waals surface area contributed by atoms with Crippen LogP contribution in [0.2, 0.25) is 0 Å². The molecule has 3 aromatic carbocycles. The number of hydrogen-bond acceptors (Lipinski definition) is 13. The van der Waals surface area contributed by atoms with Crippen molar-refractivity contribution in [2.45, 2.75) is 14.7 Å². The molecule has 0 fully saturated rings. The molecule has 20 heteroatoms. The number of ether oxygens (including phenoxy) is 1. The Bertz CT molecular complexity index is 1920. The van der Waals surface area contributed by atoms with Crippen molar-refractivity contribution in [3.05, 3.63) is 42.5 Å². The van der Waals surface area contributed by atoms with Gasteiger partial charge in [-0.2, -0.15) is 25.3 Å². The molecule has 3 rings (SSSR count). The Morgan fingerprint density at radius 1 is 0.795 bits per heavy atom. The summed E-state index contributed by atoms with van der Waals surface area (Å²) < 4.78 is 130. The van der Waals surface area contributed by atoms with Gasteiger partial charge in [-0.3, -0.25) is 13.7 Å². The molecule has 39 heavy (non-hydrogen) atoms. The fourth-order valence-corrected chi connectivity index (χ4v) is 5.84. The minimum Gasteiger partial charge on any atom is -0.504 e. The van der Waals surface area contributed by atoms with E-state index >= 15 is 0 Å². The Labute approximate surface area is 221 Å². The van der Waals surface area contributed by atoms with Crippen molar-refractivity contribution in [2.24, 2.45) is 10.2 Å². The predicted octanol–water partition coefficient (Wildman–Crippen LogP) is 2.06. The van der Waals surface area contributed by atoms with Crippen LogP contribution < -0.4 is 4.74 Å². The van der Waals surface area contributed by atoms with Gasteiger partial charge in [0.2, 0.25) is 0 Å². The highest BCUT2D eigenvalue weighted by Gasteiger charge is 2.23. The third kappa shape index (κ3) is 7.24. The van der Waals surface area contributed by atoms with Crippen LogP contribution in [0.5, 0.6) is 11.5 Å². The fraction of sp³-hybridized carbons (Fsp3) is 0.158. The zero-order chi connectivity index (χ0) is 29.4. The first-order valence-electron chi connectivity index (χ1n) is 10.0. The van der Waals surface area contributed by atoms with Gasteiger partial charge in [0.05, 0.1) is 29.3 Å². The van der Waals surface area contributed by atoms with Crippen molar-refractivity contribution in [3.8, 4) is 11.5 Å². The number of sulfone groups is 1. The van der Waals surface area contributed by atoms with Crippen LogP contribution in [0.25, 0.3) is 10.8 Å². The van der Waals surface area contributed by atoms with Crippen LogP contribution in [-0.2, 0) is 44.7 Å². The lowest BCUT2D eigenvalue weighted by Gasteiger charge is -2.10. The molecule has 0 atom stereocenters. The molecular weight excluding hydrogens is 608 g/mol. The molecule has 0 aliphatic rings. The van der Waals surface area contributed by atoms with Gasteiger partial charge in [0.15, 0.2) is 15.6 Å². The van der Waals surface area contributed by atoms with E-state index in [2.05, 4.69) is 14.4 Å². The lowest BCUT2D eigenvalue weighted by Crippen LogP contribution is -2.15. The van der Waals surface area contributed by atoms with E-state index in [0.717, 1.165) is 42.5 Å². The van der Waals surface area contributed by atoms with Gasteiger partial charge in [-0.25, -0.2) is 12.6 Å². The summed E-state index contributed by atoms with van der Waals surface area (Å²) in [5, 5.41) is 17.8. The third-order valence-electron chi connectivity index (χ3n) is 4.95. The van der Waals surface area contributed by atoms with Crippen LogP contribution in [0, 0.1) is 0 Å². The molecule has 0 amide bonds. The molecule has 0 radical (unpaired) electrons. The molecule has 0 unspecified atom stereocenters. The van der Waals surface area contributed by atoms with Gasteiger partial charge in [0, 0.05) is 5.39 Å². The van der Waals surface area contributed by atoms with Crippen molar-refractivity contribution in [1.29, 1.82) is 0 Å². The minimum atomic E-state index is -5.08. The van der Waals surface area contributed by atoms with E-state index in [9.17, 15) is 47.9 Å². The quantitative estimate of drug-likeness (QED) is 0.185. The smallest absolute Gasteiger partial charge is 0.397 e. The van der Waals surface area contributed by atoms with Gasteiger partial charge in [0.1, 0.15) is 22.0 Å². The highest BCUT2D eigenvalue weighted by atomic mass is 32.3. The second kappa shape index (κ2) is 10.7. The van der Waals surface area contributed by atoms with Crippen LogP contribution in [0.1, 0.15) is 0 Å². The van der Waals surface area contributed by atoms with Gasteiger partial charge in [-0.15, -0.1) is 10.2 Å². The molecule has 3 aromatic rings. The lowest BCUT2D eigenvalue weighted by molar-refractivity contribution is 0.284. The highest BCUT2D eigenvalue weighted by Crippen LogP contribution is 2.42. The molecular formula is C19H18N2O14S4.